The van der Waals surface area contributed by atoms with Crippen molar-refractivity contribution in [1.82, 2.24) is 4.98 Å². The third-order valence-electron chi connectivity index (χ3n) is 4.34. The summed E-state index contributed by atoms with van der Waals surface area (Å²) in [6, 6.07) is 11.4. The molecule has 1 aromatic carbocycles. The number of benzene rings is 1. The Morgan fingerprint density at radius 3 is 2.38 bits per heavy atom. The second-order valence-corrected chi connectivity index (χ2v) is 8.02. The van der Waals surface area contributed by atoms with Gasteiger partial charge in [-0.2, -0.15) is 13.2 Å². The molecule has 2 aromatic rings. The third kappa shape index (κ3) is 11.2. The SMILES string of the molecule is C#Cc1cc(OCCCNc2ccccn2)ccc1CC(C)(C)CC(=O)O.O=C(O)C(F)(F)F. The van der Waals surface area contributed by atoms with Gasteiger partial charge in [0.2, 0.25) is 0 Å². The van der Waals surface area contributed by atoms with Crippen LogP contribution in [0.4, 0.5) is 19.0 Å². The van der Waals surface area contributed by atoms with Crippen molar-refractivity contribution in [1.29, 1.82) is 0 Å². The van der Waals surface area contributed by atoms with E-state index in [1.54, 1.807) is 6.20 Å². The fourth-order valence-electron chi connectivity index (χ4n) is 2.87. The molecule has 0 bridgehead atoms. The van der Waals surface area contributed by atoms with Crippen LogP contribution in [0.1, 0.15) is 37.8 Å². The molecule has 34 heavy (non-hydrogen) atoms. The number of pyridine rings is 1. The number of hydrogen-bond donors (Lipinski definition) is 3. The summed E-state index contributed by atoms with van der Waals surface area (Å²) in [6.45, 7) is 5.19. The van der Waals surface area contributed by atoms with E-state index >= 15 is 0 Å². The Hall–Kier alpha value is -3.74. The zero-order valence-electron chi connectivity index (χ0n) is 18.9. The number of aliphatic carboxylic acids is 2. The van der Waals surface area contributed by atoms with Crippen molar-refractivity contribution in [3.8, 4) is 18.1 Å². The standard InChI is InChI=1S/C22H26N2O3.C2HF3O2/c1-4-17-14-19(10-9-18(17)15-22(2,3)16-21(25)26)27-13-7-12-24-20-8-5-6-11-23-20;3-2(4,5)1(6)7/h1,5-6,8-11,14H,7,12-13,15-16H2,2-3H3,(H,23,24)(H,25,26);(H,6,7). The number of aromatic nitrogens is 1. The minimum Gasteiger partial charge on any atom is -0.493 e. The summed E-state index contributed by atoms with van der Waals surface area (Å²) in [7, 11) is 0. The summed E-state index contributed by atoms with van der Waals surface area (Å²) in [6.07, 6.45) is 3.84. The first kappa shape index (κ1) is 28.3. The Balaban J connectivity index is 0.000000718. The van der Waals surface area contributed by atoms with E-state index in [2.05, 4.69) is 16.2 Å². The van der Waals surface area contributed by atoms with Crippen LogP contribution in [0.2, 0.25) is 0 Å². The number of hydrogen-bond acceptors (Lipinski definition) is 5. The van der Waals surface area contributed by atoms with Gasteiger partial charge >= 0.3 is 18.1 Å². The molecule has 0 aliphatic carbocycles. The lowest BCUT2D eigenvalue weighted by Crippen LogP contribution is -2.21. The van der Waals surface area contributed by atoms with Gasteiger partial charge in [0.1, 0.15) is 11.6 Å². The minimum absolute atomic E-state index is 0.0958. The van der Waals surface area contributed by atoms with Gasteiger partial charge in [0, 0.05) is 18.3 Å². The Morgan fingerprint density at radius 1 is 1.18 bits per heavy atom. The first-order valence-corrected chi connectivity index (χ1v) is 10.2. The molecule has 1 aromatic heterocycles. The van der Waals surface area contributed by atoms with E-state index in [-0.39, 0.29) is 11.8 Å². The van der Waals surface area contributed by atoms with Gasteiger partial charge in [0.25, 0.3) is 0 Å². The second-order valence-electron chi connectivity index (χ2n) is 8.02. The van der Waals surface area contributed by atoms with E-state index in [0.29, 0.717) is 13.0 Å². The Morgan fingerprint density at radius 2 is 1.85 bits per heavy atom. The number of carboxylic acids is 2. The molecule has 0 aliphatic heterocycles. The Kier molecular flexibility index (Phi) is 10.9. The smallest absolute Gasteiger partial charge is 0.490 e. The number of halogens is 3. The van der Waals surface area contributed by atoms with Crippen LogP contribution in [0.3, 0.4) is 0 Å². The van der Waals surface area contributed by atoms with Crippen LogP contribution in [0.5, 0.6) is 5.75 Å². The van der Waals surface area contributed by atoms with Crippen molar-refractivity contribution < 1.29 is 37.7 Å². The highest BCUT2D eigenvalue weighted by molar-refractivity contribution is 5.73. The normalized spacial score (nSPS) is 10.9. The molecule has 0 radical (unpaired) electrons. The van der Waals surface area contributed by atoms with Crippen LogP contribution in [-0.2, 0) is 16.0 Å². The maximum Gasteiger partial charge on any atom is 0.490 e. The molecule has 0 unspecified atom stereocenters. The highest BCUT2D eigenvalue weighted by Crippen LogP contribution is 2.29. The van der Waals surface area contributed by atoms with E-state index < -0.39 is 18.1 Å². The van der Waals surface area contributed by atoms with Crippen molar-refractivity contribution in [3.05, 3.63) is 53.7 Å². The first-order valence-electron chi connectivity index (χ1n) is 10.2. The number of carbonyl (C=O) groups is 2. The molecule has 0 aliphatic rings. The largest absolute Gasteiger partial charge is 0.493 e. The van der Waals surface area contributed by atoms with Crippen molar-refractivity contribution >= 4 is 17.8 Å². The number of terminal acetylenes is 1. The van der Waals surface area contributed by atoms with Gasteiger partial charge in [-0.1, -0.05) is 31.9 Å². The van der Waals surface area contributed by atoms with Gasteiger partial charge in [-0.25, -0.2) is 9.78 Å². The fraction of sp³-hybridized carbons (Fsp3) is 0.375. The number of ether oxygens (including phenoxy) is 1. The minimum atomic E-state index is -5.08. The molecule has 7 nitrogen and oxygen atoms in total. The molecular formula is C24H27F3N2O5. The van der Waals surface area contributed by atoms with Gasteiger partial charge in [-0.15, -0.1) is 6.42 Å². The summed E-state index contributed by atoms with van der Waals surface area (Å²) in [5.74, 6) is 0.696. The Bertz CT molecular complexity index is 986. The average Bonchev–Trinajstić information content (AvgIpc) is 2.73. The van der Waals surface area contributed by atoms with Gasteiger partial charge in [0.05, 0.1) is 13.0 Å². The topological polar surface area (TPSA) is 109 Å². The number of nitrogens with zero attached hydrogens (tertiary/aromatic N) is 1. The number of nitrogens with one attached hydrogen (secondary N) is 1. The van der Waals surface area contributed by atoms with Crippen molar-refractivity contribution in [2.24, 2.45) is 5.41 Å². The fourth-order valence-corrected chi connectivity index (χ4v) is 2.87. The summed E-state index contributed by atoms with van der Waals surface area (Å²) in [5.41, 5.74) is 1.35. The molecule has 2 rings (SSSR count). The third-order valence-corrected chi connectivity index (χ3v) is 4.34. The highest BCUT2D eigenvalue weighted by Gasteiger charge is 2.38. The molecule has 0 saturated heterocycles. The predicted octanol–water partition coefficient (Wildman–Crippen LogP) is 4.62. The van der Waals surface area contributed by atoms with Crippen LogP contribution in [-0.4, -0.2) is 46.5 Å². The number of rotatable bonds is 10. The lowest BCUT2D eigenvalue weighted by molar-refractivity contribution is -0.192. The first-order chi connectivity index (χ1) is 15.8. The Labute approximate surface area is 196 Å². The lowest BCUT2D eigenvalue weighted by Gasteiger charge is -2.23. The van der Waals surface area contributed by atoms with Crippen molar-refractivity contribution in [3.63, 3.8) is 0 Å². The average molecular weight is 480 g/mol. The molecule has 0 saturated carbocycles. The van der Waals surface area contributed by atoms with Crippen LogP contribution in [0.25, 0.3) is 0 Å². The van der Waals surface area contributed by atoms with Crippen LogP contribution in [0.15, 0.2) is 42.6 Å². The molecule has 1 heterocycles. The highest BCUT2D eigenvalue weighted by atomic mass is 19.4. The summed E-state index contributed by atoms with van der Waals surface area (Å²) in [5, 5.41) is 19.4. The molecular weight excluding hydrogens is 453 g/mol. The van der Waals surface area contributed by atoms with Gasteiger partial charge in [-0.05, 0) is 48.1 Å². The van der Waals surface area contributed by atoms with Gasteiger partial charge in [0.15, 0.2) is 0 Å². The lowest BCUT2D eigenvalue weighted by atomic mass is 9.81. The molecule has 0 amide bonds. The molecule has 0 fully saturated rings. The monoisotopic (exact) mass is 480 g/mol. The van der Waals surface area contributed by atoms with Crippen molar-refractivity contribution in [2.75, 3.05) is 18.5 Å². The number of anilines is 1. The van der Waals surface area contributed by atoms with E-state index in [0.717, 1.165) is 35.7 Å². The molecule has 10 heteroatoms. The second kappa shape index (κ2) is 13.1. The maximum absolute atomic E-state index is 11.0. The molecule has 3 N–H and O–H groups in total. The quantitative estimate of drug-likeness (QED) is 0.336. The molecule has 184 valence electrons. The summed E-state index contributed by atoms with van der Waals surface area (Å²) >= 11 is 0. The van der Waals surface area contributed by atoms with Crippen molar-refractivity contribution in [2.45, 2.75) is 39.3 Å². The zero-order valence-corrected chi connectivity index (χ0v) is 18.9. The van der Waals surface area contributed by atoms with Gasteiger partial charge < -0.3 is 20.3 Å². The number of carboxylic acid groups (broad SMARTS) is 2. The van der Waals surface area contributed by atoms with E-state index in [1.165, 1.54) is 0 Å². The molecule has 0 spiro atoms. The number of alkyl halides is 3. The van der Waals surface area contributed by atoms with Crippen LogP contribution in [0, 0.1) is 17.8 Å². The predicted molar refractivity (Wildman–Crippen MR) is 121 cm³/mol. The van der Waals surface area contributed by atoms with Crippen LogP contribution < -0.4 is 10.1 Å². The maximum atomic E-state index is 11.0. The van der Waals surface area contributed by atoms with Crippen LogP contribution >= 0.6 is 0 Å². The summed E-state index contributed by atoms with van der Waals surface area (Å²) in [4.78, 5) is 24.1. The van der Waals surface area contributed by atoms with Gasteiger partial charge in [-0.3, -0.25) is 4.79 Å². The molecule has 0 atom stereocenters. The van der Waals surface area contributed by atoms with E-state index in [1.807, 2.05) is 50.2 Å². The zero-order chi connectivity index (χ0) is 25.8. The van der Waals surface area contributed by atoms with E-state index in [9.17, 15) is 18.0 Å². The summed E-state index contributed by atoms with van der Waals surface area (Å²) < 4.78 is 37.5. The van der Waals surface area contributed by atoms with E-state index in [4.69, 9.17) is 26.2 Å².